The van der Waals surface area contributed by atoms with Gasteiger partial charge in [-0.05, 0) is 38.5 Å². The molecule has 0 aromatic rings. The van der Waals surface area contributed by atoms with E-state index in [4.69, 9.17) is 0 Å². The molecule has 0 rings (SSSR count). The Morgan fingerprint density at radius 1 is 0.441 bits per heavy atom. The molecule has 34 heavy (non-hydrogen) atoms. The van der Waals surface area contributed by atoms with Crippen LogP contribution in [0.4, 0.5) is 0 Å². The Bertz CT molecular complexity index is 540. The van der Waals surface area contributed by atoms with Gasteiger partial charge in [0.15, 0.2) is 0 Å². The van der Waals surface area contributed by atoms with Crippen molar-refractivity contribution in [2.45, 2.75) is 99.3 Å². The normalized spacial score (nSPS) is 9.79. The van der Waals surface area contributed by atoms with Gasteiger partial charge < -0.3 is 29.7 Å². The van der Waals surface area contributed by atoms with Crippen LogP contribution in [0.15, 0.2) is 0 Å². The van der Waals surface area contributed by atoms with Gasteiger partial charge in [0, 0.05) is 54.9 Å². The fourth-order valence-corrected chi connectivity index (χ4v) is 2.09. The predicted molar refractivity (Wildman–Crippen MR) is 122 cm³/mol. The number of carboxylic acids is 3. The van der Waals surface area contributed by atoms with Gasteiger partial charge in [-0.15, -0.1) is 0 Å². The molecule has 192 valence electrons. The fourth-order valence-electron chi connectivity index (χ4n) is 2.09. The minimum atomic E-state index is -1.08. The maximum atomic E-state index is 10.9. The van der Waals surface area contributed by atoms with Crippen LogP contribution in [0.25, 0.3) is 0 Å². The van der Waals surface area contributed by atoms with Gasteiger partial charge in [0.25, 0.3) is 0 Å². The number of Topliss-reactive ketones (excluding diaryl/α,β-unsaturated/α-hetero) is 3. The summed E-state index contributed by atoms with van der Waals surface area (Å²) in [4.78, 5) is 62.5. The van der Waals surface area contributed by atoms with Gasteiger partial charge in [-0.1, -0.05) is 41.5 Å². The SMILES string of the molecule is CC(C)C(=O)CCCC(=O)[O-].CC(C)C(=O)CCCC(=O)[O-].CC(C)C(=O)CCCC(=O)[O-].[In+3]. The molecule has 0 bridgehead atoms. The topological polar surface area (TPSA) is 172 Å². The number of carbonyl (C=O) groups is 6. The Morgan fingerprint density at radius 2 is 0.618 bits per heavy atom. The van der Waals surface area contributed by atoms with Gasteiger partial charge in [-0.2, -0.15) is 0 Å². The summed E-state index contributed by atoms with van der Waals surface area (Å²) in [6.45, 7) is 10.8. The molecular weight excluding hydrogens is 547 g/mol. The molecule has 0 aliphatic carbocycles. The maximum Gasteiger partial charge on any atom is 3.00 e. The van der Waals surface area contributed by atoms with E-state index in [2.05, 4.69) is 0 Å². The summed E-state index contributed by atoms with van der Waals surface area (Å²) >= 11 is 0. The first-order valence-electron chi connectivity index (χ1n) is 11.3. The smallest absolute Gasteiger partial charge is 0.550 e. The van der Waals surface area contributed by atoms with Crippen molar-refractivity contribution in [2.24, 2.45) is 17.8 Å². The first-order valence-corrected chi connectivity index (χ1v) is 11.3. The zero-order valence-corrected chi connectivity index (χ0v) is 24.6. The van der Waals surface area contributed by atoms with E-state index in [9.17, 15) is 44.1 Å². The van der Waals surface area contributed by atoms with E-state index in [0.29, 0.717) is 38.5 Å². The largest absolute Gasteiger partial charge is 3.00 e. The van der Waals surface area contributed by atoms with Gasteiger partial charge in [-0.3, -0.25) is 14.4 Å². The molecule has 0 aromatic heterocycles. The molecule has 0 N–H and O–H groups in total. The minimum Gasteiger partial charge on any atom is -0.550 e. The van der Waals surface area contributed by atoms with Gasteiger partial charge in [0.1, 0.15) is 17.3 Å². The quantitative estimate of drug-likeness (QED) is 0.256. The summed E-state index contributed by atoms with van der Waals surface area (Å²) in [5, 5.41) is 29.8. The molecule has 0 aliphatic rings. The Labute approximate surface area is 221 Å². The molecule has 0 radical (unpaired) electrons. The number of aliphatic carboxylic acids is 3. The molecule has 0 saturated carbocycles. The summed E-state index contributed by atoms with van der Waals surface area (Å²) in [6.07, 6.45) is 2.22. The first kappa shape index (κ1) is 39.5. The molecule has 0 fully saturated rings. The number of hydrogen-bond acceptors (Lipinski definition) is 9. The number of carboxylic acid groups (broad SMARTS) is 3. The molecule has 0 saturated heterocycles. The van der Waals surface area contributed by atoms with E-state index >= 15 is 0 Å². The van der Waals surface area contributed by atoms with Crippen molar-refractivity contribution >= 4 is 61.1 Å². The first-order chi connectivity index (χ1) is 15.1. The Hall–Kier alpha value is -1.71. The summed E-state index contributed by atoms with van der Waals surface area (Å²) in [6, 6.07) is 0. The summed E-state index contributed by atoms with van der Waals surface area (Å²) in [5.74, 6) is -2.86. The Morgan fingerprint density at radius 3 is 0.735 bits per heavy atom. The van der Waals surface area contributed by atoms with Crippen LogP contribution in [-0.2, 0) is 28.8 Å². The molecule has 0 unspecified atom stereocenters. The standard InChI is InChI=1S/3C8H14O3.In/c3*1-6(2)7(9)4-3-5-8(10)11;/h3*6H,3-5H2,1-2H3,(H,10,11);/q;;;+3/p-3. The second-order valence-electron chi connectivity index (χ2n) is 8.54. The van der Waals surface area contributed by atoms with Crippen LogP contribution < -0.4 is 15.3 Å². The van der Waals surface area contributed by atoms with Crippen LogP contribution >= 0.6 is 0 Å². The predicted octanol–water partition coefficient (Wildman–Crippen LogP) is 0.0143. The van der Waals surface area contributed by atoms with Gasteiger partial charge in [0.2, 0.25) is 0 Å². The third-order valence-corrected chi connectivity index (χ3v) is 4.34. The molecule has 0 heterocycles. The zero-order valence-electron chi connectivity index (χ0n) is 21.3. The number of ketones is 3. The zero-order chi connectivity index (χ0) is 26.6. The van der Waals surface area contributed by atoms with Crippen LogP contribution in [0.3, 0.4) is 0 Å². The number of hydrogen-bond donors (Lipinski definition) is 0. The molecule has 10 heteroatoms. The number of carbonyl (C=O) groups excluding carboxylic acids is 6. The van der Waals surface area contributed by atoms with Crippen LogP contribution in [0.5, 0.6) is 0 Å². The maximum absolute atomic E-state index is 10.9. The second kappa shape index (κ2) is 24.4. The van der Waals surface area contributed by atoms with E-state index in [0.717, 1.165) is 0 Å². The van der Waals surface area contributed by atoms with Crippen molar-refractivity contribution in [3.8, 4) is 0 Å². The van der Waals surface area contributed by atoms with Crippen molar-refractivity contribution < 1.29 is 44.1 Å². The monoisotopic (exact) mass is 586 g/mol. The average Bonchev–Trinajstić information content (AvgIpc) is 2.67. The average molecular weight is 586 g/mol. The second-order valence-corrected chi connectivity index (χ2v) is 8.54. The molecular formula is C24H39InO9. The van der Waals surface area contributed by atoms with Gasteiger partial charge in [-0.25, -0.2) is 0 Å². The molecule has 9 nitrogen and oxygen atoms in total. The minimum absolute atomic E-state index is 0. The van der Waals surface area contributed by atoms with Crippen LogP contribution in [0.1, 0.15) is 99.3 Å². The third-order valence-electron chi connectivity index (χ3n) is 4.34. The Balaban J connectivity index is -0.000000196. The molecule has 0 aromatic carbocycles. The molecule has 0 amide bonds. The fraction of sp³-hybridized carbons (Fsp3) is 0.750. The van der Waals surface area contributed by atoms with E-state index < -0.39 is 17.9 Å². The number of rotatable bonds is 15. The van der Waals surface area contributed by atoms with Crippen molar-refractivity contribution in [3.63, 3.8) is 0 Å². The summed E-state index contributed by atoms with van der Waals surface area (Å²) in [7, 11) is 0. The van der Waals surface area contributed by atoms with Crippen LogP contribution in [0, 0.1) is 17.8 Å². The summed E-state index contributed by atoms with van der Waals surface area (Å²) < 4.78 is 0. The molecule has 0 spiro atoms. The van der Waals surface area contributed by atoms with E-state index in [1.165, 1.54) is 0 Å². The van der Waals surface area contributed by atoms with Gasteiger partial charge in [0.05, 0.1) is 0 Å². The van der Waals surface area contributed by atoms with Crippen molar-refractivity contribution in [2.75, 3.05) is 0 Å². The van der Waals surface area contributed by atoms with E-state index in [1.807, 2.05) is 0 Å². The van der Waals surface area contributed by atoms with E-state index in [1.54, 1.807) is 41.5 Å². The van der Waals surface area contributed by atoms with Crippen molar-refractivity contribution in [3.05, 3.63) is 0 Å². The van der Waals surface area contributed by atoms with Crippen molar-refractivity contribution in [1.82, 2.24) is 0 Å². The van der Waals surface area contributed by atoms with Crippen LogP contribution in [-0.4, -0.2) is 61.1 Å². The molecule has 0 aliphatic heterocycles. The summed E-state index contributed by atoms with van der Waals surface area (Å²) in [5.41, 5.74) is 0. The Kier molecular flexibility index (Phi) is 28.4. The molecule has 0 atom stereocenters. The third kappa shape index (κ3) is 32.5. The van der Waals surface area contributed by atoms with Crippen LogP contribution in [0.2, 0.25) is 0 Å². The van der Waals surface area contributed by atoms with Gasteiger partial charge >= 0.3 is 25.8 Å². The van der Waals surface area contributed by atoms with Crippen molar-refractivity contribution in [1.29, 1.82) is 0 Å². The van der Waals surface area contributed by atoms with E-state index in [-0.39, 0.29) is 80.2 Å².